The fraction of sp³-hybridized carbons (Fsp3) is 1.00. The van der Waals surface area contributed by atoms with Crippen LogP contribution in [0.25, 0.3) is 0 Å². The van der Waals surface area contributed by atoms with Crippen LogP contribution in [0.4, 0.5) is 0 Å². The summed E-state index contributed by atoms with van der Waals surface area (Å²) in [5, 5.41) is 89.9. The molecule has 0 aliphatic carbocycles. The first kappa shape index (κ1) is 25.1. The molecule has 3 aliphatic rings. The average molecular weight is 458 g/mol. The van der Waals surface area contributed by atoms with E-state index in [1.165, 1.54) is 6.92 Å². The molecule has 3 aliphatic heterocycles. The molecule has 0 aromatic heterocycles. The number of aliphatic hydroxyl groups is 9. The Kier molecular flexibility index (Phi) is 8.21. The fourth-order valence-corrected chi connectivity index (χ4v) is 3.67. The minimum absolute atomic E-state index is 0.367. The predicted octanol–water partition coefficient (Wildman–Crippen LogP) is -5.91. The van der Waals surface area contributed by atoms with Crippen LogP contribution in [-0.2, 0) is 23.7 Å². The van der Waals surface area contributed by atoms with Gasteiger partial charge < -0.3 is 69.6 Å². The first-order chi connectivity index (χ1) is 14.6. The molecule has 0 bridgehead atoms. The molecular formula is C17H30O14. The Morgan fingerprint density at radius 3 is 2.00 bits per heavy atom. The monoisotopic (exact) mass is 458 g/mol. The number of hydrogen-bond acceptors (Lipinski definition) is 14. The maximum atomic E-state index is 10.5. The van der Waals surface area contributed by atoms with Crippen LogP contribution in [0.5, 0.6) is 0 Å². The summed E-state index contributed by atoms with van der Waals surface area (Å²) < 4.78 is 26.6. The Bertz CT molecular complexity index is 581. The lowest BCUT2D eigenvalue weighted by molar-refractivity contribution is -0.385. The molecule has 3 heterocycles. The average Bonchev–Trinajstić information content (AvgIpc) is 2.74. The van der Waals surface area contributed by atoms with Gasteiger partial charge in [-0.15, -0.1) is 0 Å². The molecule has 3 rings (SSSR count). The lowest BCUT2D eigenvalue weighted by Gasteiger charge is -2.47. The van der Waals surface area contributed by atoms with E-state index in [1.807, 2.05) is 0 Å². The number of aliphatic hydroxyl groups excluding tert-OH is 9. The van der Waals surface area contributed by atoms with Crippen molar-refractivity contribution >= 4 is 0 Å². The molecule has 0 saturated carbocycles. The molecule has 0 spiro atoms. The molecule has 182 valence electrons. The highest BCUT2D eigenvalue weighted by Crippen LogP contribution is 2.31. The van der Waals surface area contributed by atoms with E-state index in [4.69, 9.17) is 23.7 Å². The van der Waals surface area contributed by atoms with Crippen molar-refractivity contribution in [1.82, 2.24) is 0 Å². The molecule has 0 amide bonds. The zero-order chi connectivity index (χ0) is 23.0. The van der Waals surface area contributed by atoms with E-state index in [0.717, 1.165) is 0 Å². The van der Waals surface area contributed by atoms with Gasteiger partial charge in [0.25, 0.3) is 0 Å². The third-order valence-corrected chi connectivity index (χ3v) is 5.67. The van der Waals surface area contributed by atoms with Gasteiger partial charge in [0.2, 0.25) is 0 Å². The van der Waals surface area contributed by atoms with Crippen molar-refractivity contribution in [1.29, 1.82) is 0 Å². The van der Waals surface area contributed by atoms with Crippen LogP contribution in [0.2, 0.25) is 0 Å². The lowest BCUT2D eigenvalue weighted by atomic mass is 9.97. The molecule has 3 fully saturated rings. The summed E-state index contributed by atoms with van der Waals surface area (Å²) >= 11 is 0. The van der Waals surface area contributed by atoms with Gasteiger partial charge in [-0.1, -0.05) is 0 Å². The van der Waals surface area contributed by atoms with E-state index < -0.39 is 92.6 Å². The van der Waals surface area contributed by atoms with Crippen molar-refractivity contribution in [2.24, 2.45) is 0 Å². The SMILES string of the molecule is C[C@H]1O[C@@H](O[C@H]2[C@H](O[C@H]3[C@H](O)[C@H](O)CO[C@H]3O)O[C@H](CO)[C@H](O)[C@H]2O)[C@H](O)[C@@H](O)[C@@H]1O. The highest BCUT2D eigenvalue weighted by molar-refractivity contribution is 4.94. The van der Waals surface area contributed by atoms with E-state index in [2.05, 4.69) is 0 Å². The van der Waals surface area contributed by atoms with Crippen LogP contribution < -0.4 is 0 Å². The minimum atomic E-state index is -1.77. The predicted molar refractivity (Wildman–Crippen MR) is 93.8 cm³/mol. The molecule has 14 atom stereocenters. The third kappa shape index (κ3) is 5.02. The summed E-state index contributed by atoms with van der Waals surface area (Å²) in [6, 6.07) is 0. The quantitative estimate of drug-likeness (QED) is 0.187. The minimum Gasteiger partial charge on any atom is -0.394 e. The Balaban J connectivity index is 1.80. The van der Waals surface area contributed by atoms with E-state index in [1.54, 1.807) is 0 Å². The number of hydrogen-bond donors (Lipinski definition) is 9. The van der Waals surface area contributed by atoms with Gasteiger partial charge in [-0.25, -0.2) is 0 Å². The van der Waals surface area contributed by atoms with E-state index in [9.17, 15) is 46.0 Å². The van der Waals surface area contributed by atoms with Crippen molar-refractivity contribution in [3.05, 3.63) is 0 Å². The van der Waals surface area contributed by atoms with Gasteiger partial charge in [0.05, 0.1) is 19.3 Å². The Morgan fingerprint density at radius 1 is 0.710 bits per heavy atom. The first-order valence-corrected chi connectivity index (χ1v) is 9.85. The van der Waals surface area contributed by atoms with Crippen LogP contribution in [0, 0.1) is 0 Å². The van der Waals surface area contributed by atoms with Crippen LogP contribution in [0.1, 0.15) is 6.92 Å². The van der Waals surface area contributed by atoms with Gasteiger partial charge in [0.1, 0.15) is 61.0 Å². The van der Waals surface area contributed by atoms with Crippen molar-refractivity contribution < 1.29 is 69.6 Å². The van der Waals surface area contributed by atoms with Crippen LogP contribution >= 0.6 is 0 Å². The number of rotatable bonds is 5. The third-order valence-electron chi connectivity index (χ3n) is 5.67. The molecule has 31 heavy (non-hydrogen) atoms. The second kappa shape index (κ2) is 10.1. The van der Waals surface area contributed by atoms with Crippen molar-refractivity contribution in [2.75, 3.05) is 13.2 Å². The highest BCUT2D eigenvalue weighted by Gasteiger charge is 2.52. The zero-order valence-corrected chi connectivity index (χ0v) is 16.6. The van der Waals surface area contributed by atoms with E-state index >= 15 is 0 Å². The Hall–Kier alpha value is -0.560. The molecule has 14 nitrogen and oxygen atoms in total. The lowest BCUT2D eigenvalue weighted by Crippen LogP contribution is -2.65. The fourth-order valence-electron chi connectivity index (χ4n) is 3.67. The highest BCUT2D eigenvalue weighted by atomic mass is 16.8. The zero-order valence-electron chi connectivity index (χ0n) is 16.6. The van der Waals surface area contributed by atoms with Gasteiger partial charge in [0.15, 0.2) is 18.9 Å². The normalized spacial score (nSPS) is 54.0. The van der Waals surface area contributed by atoms with Gasteiger partial charge >= 0.3 is 0 Å². The van der Waals surface area contributed by atoms with Crippen LogP contribution in [0.15, 0.2) is 0 Å². The molecule has 9 N–H and O–H groups in total. The molecular weight excluding hydrogens is 428 g/mol. The molecule has 0 aromatic rings. The number of ether oxygens (including phenoxy) is 5. The van der Waals surface area contributed by atoms with E-state index in [0.29, 0.717) is 0 Å². The summed E-state index contributed by atoms with van der Waals surface area (Å²) in [4.78, 5) is 0. The first-order valence-electron chi connectivity index (χ1n) is 9.85. The summed E-state index contributed by atoms with van der Waals surface area (Å²) in [6.07, 6.45) is -21.7. The molecule has 14 heteroatoms. The second-order valence-electron chi connectivity index (χ2n) is 7.87. The topological polar surface area (TPSA) is 228 Å². The summed E-state index contributed by atoms with van der Waals surface area (Å²) in [5.41, 5.74) is 0. The summed E-state index contributed by atoms with van der Waals surface area (Å²) in [7, 11) is 0. The molecule has 0 aromatic carbocycles. The molecule has 0 radical (unpaired) electrons. The smallest absolute Gasteiger partial charge is 0.187 e. The maximum Gasteiger partial charge on any atom is 0.187 e. The standard InChI is InChI=1S/C17H30O14/c1-4-7(20)10(23)12(25)16(28-4)31-14-11(24)9(22)6(2-18)29-17(14)30-13-8(21)5(19)3-27-15(13)26/h4-26H,2-3H2,1H3/t4-,5-,6-,7-,8-,9+,10+,11-,12-,13+,14-,15-,16+,17+/m1/s1. The van der Waals surface area contributed by atoms with Gasteiger partial charge in [0, 0.05) is 0 Å². The van der Waals surface area contributed by atoms with Crippen LogP contribution in [-0.4, -0.2) is 145 Å². The van der Waals surface area contributed by atoms with E-state index in [-0.39, 0.29) is 6.61 Å². The maximum absolute atomic E-state index is 10.5. The Morgan fingerprint density at radius 2 is 1.35 bits per heavy atom. The summed E-state index contributed by atoms with van der Waals surface area (Å²) in [5.74, 6) is 0. The Labute approximate surface area is 176 Å². The van der Waals surface area contributed by atoms with Crippen LogP contribution in [0.3, 0.4) is 0 Å². The van der Waals surface area contributed by atoms with Crippen molar-refractivity contribution in [3.63, 3.8) is 0 Å². The molecule has 3 saturated heterocycles. The van der Waals surface area contributed by atoms with Gasteiger partial charge in [-0.05, 0) is 6.92 Å². The van der Waals surface area contributed by atoms with Crippen molar-refractivity contribution in [3.8, 4) is 0 Å². The van der Waals surface area contributed by atoms with Gasteiger partial charge in [-0.2, -0.15) is 0 Å². The second-order valence-corrected chi connectivity index (χ2v) is 7.87. The largest absolute Gasteiger partial charge is 0.394 e. The molecule has 0 unspecified atom stereocenters. The van der Waals surface area contributed by atoms with Crippen molar-refractivity contribution in [2.45, 2.75) is 92.9 Å². The summed E-state index contributed by atoms with van der Waals surface area (Å²) in [6.45, 7) is 0.306. The van der Waals surface area contributed by atoms with Gasteiger partial charge in [-0.3, -0.25) is 0 Å².